The van der Waals surface area contributed by atoms with Crippen molar-refractivity contribution in [1.29, 1.82) is 0 Å². The molecule has 0 aromatic rings. The van der Waals surface area contributed by atoms with Gasteiger partial charge in [0.15, 0.2) is 0 Å². The maximum atomic E-state index is 12.9. The summed E-state index contributed by atoms with van der Waals surface area (Å²) in [7, 11) is 1.98. The van der Waals surface area contributed by atoms with Crippen LogP contribution in [0.5, 0.6) is 0 Å². The van der Waals surface area contributed by atoms with E-state index in [1.54, 1.807) is 0 Å². The van der Waals surface area contributed by atoms with Crippen molar-refractivity contribution in [2.45, 2.75) is 77.3 Å². The molecule has 1 saturated heterocycles. The lowest BCUT2D eigenvalue weighted by Gasteiger charge is -2.44. The fourth-order valence-electron chi connectivity index (χ4n) is 5.06. The fraction of sp³-hybridized carbons (Fsp3) is 0.857. The number of primary amides is 1. The molecule has 2 amide bonds. The quantitative estimate of drug-likeness (QED) is 0.632. The van der Waals surface area contributed by atoms with E-state index < -0.39 is 17.7 Å². The third-order valence-electron chi connectivity index (χ3n) is 7.73. The van der Waals surface area contributed by atoms with E-state index in [9.17, 15) is 14.4 Å². The van der Waals surface area contributed by atoms with Crippen molar-refractivity contribution in [3.8, 4) is 0 Å². The molecule has 3 unspecified atom stereocenters. The Labute approximate surface area is 162 Å². The Morgan fingerprint density at radius 2 is 1.74 bits per heavy atom. The van der Waals surface area contributed by atoms with Crippen molar-refractivity contribution in [3.05, 3.63) is 0 Å². The molecule has 0 aromatic heterocycles. The summed E-state index contributed by atoms with van der Waals surface area (Å²) < 4.78 is 0. The van der Waals surface area contributed by atoms with Gasteiger partial charge in [-0.05, 0) is 55.9 Å². The maximum Gasteiger partial charge on any atom is 0.287 e. The standard InChI is InChI=1S/C21H35N3O3/c1-21(2,14-8-5-9-14)15-11-17(24(3)12-15)20(27)23-16(18(25)19(22)26)10-13-6-4-7-13/h13-17H,4-12H2,1-3H3,(H2,22,26)(H,23,27). The van der Waals surface area contributed by atoms with Gasteiger partial charge in [-0.15, -0.1) is 0 Å². The van der Waals surface area contributed by atoms with Gasteiger partial charge in [0.25, 0.3) is 5.91 Å². The molecule has 0 bridgehead atoms. The molecule has 27 heavy (non-hydrogen) atoms. The highest BCUT2D eigenvalue weighted by atomic mass is 16.2. The number of amides is 2. The summed E-state index contributed by atoms with van der Waals surface area (Å²) in [5.41, 5.74) is 5.44. The number of carbonyl (C=O) groups excluding carboxylic acids is 3. The van der Waals surface area contributed by atoms with E-state index in [4.69, 9.17) is 5.73 Å². The number of hydrogen-bond acceptors (Lipinski definition) is 4. The minimum Gasteiger partial charge on any atom is -0.363 e. The highest BCUT2D eigenvalue weighted by molar-refractivity contribution is 6.37. The van der Waals surface area contributed by atoms with E-state index in [1.165, 1.54) is 19.3 Å². The summed E-state index contributed by atoms with van der Waals surface area (Å²) in [6, 6.07) is -1.01. The molecule has 3 rings (SSSR count). The molecule has 0 radical (unpaired) electrons. The van der Waals surface area contributed by atoms with Gasteiger partial charge in [0.2, 0.25) is 11.7 Å². The fourth-order valence-corrected chi connectivity index (χ4v) is 5.06. The third kappa shape index (κ3) is 4.20. The summed E-state index contributed by atoms with van der Waals surface area (Å²) in [6.07, 6.45) is 8.51. The summed E-state index contributed by atoms with van der Waals surface area (Å²) in [4.78, 5) is 38.7. The normalized spacial score (nSPS) is 28.3. The SMILES string of the molecule is CN1CC(C(C)(C)C2CCC2)CC1C(=O)NC(CC1CCC1)C(=O)C(N)=O. The van der Waals surface area contributed by atoms with Gasteiger partial charge in [0, 0.05) is 6.54 Å². The summed E-state index contributed by atoms with van der Waals surface area (Å²) in [5.74, 6) is -0.125. The number of nitrogens with zero attached hydrogens (tertiary/aromatic N) is 1. The van der Waals surface area contributed by atoms with E-state index in [0.717, 1.165) is 38.1 Å². The van der Waals surface area contributed by atoms with Crippen molar-refractivity contribution in [3.63, 3.8) is 0 Å². The molecule has 3 N–H and O–H groups in total. The molecular formula is C21H35N3O3. The lowest BCUT2D eigenvalue weighted by Crippen LogP contribution is -2.52. The van der Waals surface area contributed by atoms with Crippen LogP contribution in [-0.4, -0.2) is 48.2 Å². The summed E-state index contributed by atoms with van der Waals surface area (Å²) >= 11 is 0. The minimum atomic E-state index is -0.955. The van der Waals surface area contributed by atoms with Gasteiger partial charge >= 0.3 is 0 Å². The lowest BCUT2D eigenvalue weighted by molar-refractivity contribution is -0.139. The van der Waals surface area contributed by atoms with Gasteiger partial charge in [-0.3, -0.25) is 19.3 Å². The number of rotatable bonds is 8. The Hall–Kier alpha value is -1.43. The third-order valence-corrected chi connectivity index (χ3v) is 7.73. The maximum absolute atomic E-state index is 12.9. The van der Waals surface area contributed by atoms with E-state index in [1.807, 2.05) is 7.05 Å². The summed E-state index contributed by atoms with van der Waals surface area (Å²) in [5, 5.41) is 2.87. The molecule has 3 atom stereocenters. The van der Waals surface area contributed by atoms with Crippen molar-refractivity contribution in [2.75, 3.05) is 13.6 Å². The number of ketones is 1. The minimum absolute atomic E-state index is 0.136. The number of Topliss-reactive ketones (excluding diaryl/α,β-unsaturated/α-hetero) is 1. The second-order valence-corrected chi connectivity index (χ2v) is 9.66. The van der Waals surface area contributed by atoms with E-state index in [-0.39, 0.29) is 17.4 Å². The van der Waals surface area contributed by atoms with E-state index >= 15 is 0 Å². The van der Waals surface area contributed by atoms with Crippen LogP contribution in [0.25, 0.3) is 0 Å². The lowest BCUT2D eigenvalue weighted by atomic mass is 9.61. The van der Waals surface area contributed by atoms with E-state index in [2.05, 4.69) is 24.1 Å². The number of likely N-dealkylation sites (tertiary alicyclic amines) is 1. The number of nitrogens with one attached hydrogen (secondary N) is 1. The first-order chi connectivity index (χ1) is 12.7. The Bertz CT molecular complexity index is 595. The van der Waals surface area contributed by atoms with Crippen LogP contribution in [0.15, 0.2) is 0 Å². The van der Waals surface area contributed by atoms with Gasteiger partial charge in [0.1, 0.15) is 0 Å². The molecule has 6 nitrogen and oxygen atoms in total. The van der Waals surface area contributed by atoms with Crippen LogP contribution in [0, 0.1) is 23.2 Å². The number of nitrogens with two attached hydrogens (primary N) is 1. The van der Waals surface area contributed by atoms with Crippen molar-refractivity contribution in [2.24, 2.45) is 28.9 Å². The molecule has 0 spiro atoms. The highest BCUT2D eigenvalue weighted by Gasteiger charge is 2.47. The Morgan fingerprint density at radius 1 is 1.11 bits per heavy atom. The van der Waals surface area contributed by atoms with Crippen LogP contribution in [-0.2, 0) is 14.4 Å². The Kier molecular flexibility index (Phi) is 5.94. The van der Waals surface area contributed by atoms with Crippen LogP contribution < -0.4 is 11.1 Å². The van der Waals surface area contributed by atoms with Gasteiger partial charge in [-0.1, -0.05) is 39.5 Å². The zero-order valence-electron chi connectivity index (χ0n) is 17.0. The Balaban J connectivity index is 1.62. The van der Waals surface area contributed by atoms with Crippen LogP contribution in [0.1, 0.15) is 65.2 Å². The molecule has 2 aliphatic carbocycles. The average molecular weight is 378 g/mol. The predicted octanol–water partition coefficient (Wildman–Crippen LogP) is 1.86. The van der Waals surface area contributed by atoms with Crippen molar-refractivity contribution >= 4 is 17.6 Å². The predicted molar refractivity (Wildman–Crippen MR) is 104 cm³/mol. The van der Waals surface area contributed by atoms with Crippen molar-refractivity contribution in [1.82, 2.24) is 10.2 Å². The van der Waals surface area contributed by atoms with Crippen LogP contribution >= 0.6 is 0 Å². The zero-order valence-corrected chi connectivity index (χ0v) is 17.0. The second kappa shape index (κ2) is 7.90. The molecule has 6 heteroatoms. The molecule has 3 fully saturated rings. The largest absolute Gasteiger partial charge is 0.363 e. The van der Waals surface area contributed by atoms with Gasteiger partial charge in [0.05, 0.1) is 12.1 Å². The number of hydrogen-bond donors (Lipinski definition) is 2. The van der Waals surface area contributed by atoms with Crippen molar-refractivity contribution < 1.29 is 14.4 Å². The second-order valence-electron chi connectivity index (χ2n) is 9.66. The first-order valence-electron chi connectivity index (χ1n) is 10.5. The highest BCUT2D eigenvalue weighted by Crippen LogP contribution is 2.49. The van der Waals surface area contributed by atoms with Gasteiger partial charge in [-0.25, -0.2) is 0 Å². The molecule has 0 aromatic carbocycles. The topological polar surface area (TPSA) is 92.5 Å². The summed E-state index contributed by atoms with van der Waals surface area (Å²) in [6.45, 7) is 5.58. The zero-order chi connectivity index (χ0) is 19.8. The molecule has 3 aliphatic rings. The Morgan fingerprint density at radius 3 is 2.22 bits per heavy atom. The van der Waals surface area contributed by atoms with Crippen LogP contribution in [0.3, 0.4) is 0 Å². The first kappa shape index (κ1) is 20.3. The smallest absolute Gasteiger partial charge is 0.287 e. The monoisotopic (exact) mass is 377 g/mol. The van der Waals surface area contributed by atoms with Crippen LogP contribution in [0.2, 0.25) is 0 Å². The molecule has 1 heterocycles. The van der Waals surface area contributed by atoms with Crippen LogP contribution in [0.4, 0.5) is 0 Å². The average Bonchev–Trinajstić information content (AvgIpc) is 2.89. The first-order valence-corrected chi connectivity index (χ1v) is 10.5. The molecular weight excluding hydrogens is 342 g/mol. The molecule has 1 aliphatic heterocycles. The number of carbonyl (C=O) groups is 3. The van der Waals surface area contributed by atoms with Gasteiger partial charge < -0.3 is 11.1 Å². The molecule has 2 saturated carbocycles. The number of likely N-dealkylation sites (N-methyl/N-ethyl adjacent to an activating group) is 1. The van der Waals surface area contributed by atoms with Gasteiger partial charge in [-0.2, -0.15) is 0 Å². The molecule has 152 valence electrons. The van der Waals surface area contributed by atoms with E-state index in [0.29, 0.717) is 18.3 Å².